The number of nitrogens with two attached hydrogens (primary N) is 2. The lowest BCUT2D eigenvalue weighted by Crippen LogP contribution is -2.67. The monoisotopic (exact) mass is 600 g/mol. The molecule has 0 saturated carbocycles. The average Bonchev–Trinajstić information content (AvgIpc) is 3.19. The van der Waals surface area contributed by atoms with Gasteiger partial charge in [0.05, 0.1) is 0 Å². The molecule has 0 bridgehead atoms. The number of aliphatic hydroxyl groups is 4. The summed E-state index contributed by atoms with van der Waals surface area (Å²) in [5, 5.41) is 53.6. The molecule has 0 aliphatic carbocycles. The molecule has 232 valence electrons. The summed E-state index contributed by atoms with van der Waals surface area (Å²) in [5.41, 5.74) is 9.16. The van der Waals surface area contributed by atoms with E-state index in [4.69, 9.17) is 16.2 Å². The number of nitrogens with one attached hydrogen (secondary N) is 2. The van der Waals surface area contributed by atoms with Gasteiger partial charge in [0.1, 0.15) is 49.2 Å². The van der Waals surface area contributed by atoms with Crippen molar-refractivity contribution in [3.05, 3.63) is 44.2 Å². The van der Waals surface area contributed by atoms with Gasteiger partial charge in [0.15, 0.2) is 12.3 Å². The number of carboxylic acid groups (broad SMARTS) is 1. The third kappa shape index (κ3) is 6.35. The zero-order valence-electron chi connectivity index (χ0n) is 22.3. The Kier molecular flexibility index (Phi) is 9.86. The molecule has 1 aromatic rings. The lowest BCUT2D eigenvalue weighted by molar-refractivity contribution is -0.157. The second-order valence-electron chi connectivity index (χ2n) is 9.72. The molecule has 11 N–H and O–H groups in total. The van der Waals surface area contributed by atoms with Crippen LogP contribution in [0.5, 0.6) is 0 Å². The highest BCUT2D eigenvalue weighted by atomic mass is 16.6. The van der Waals surface area contributed by atoms with Gasteiger partial charge >= 0.3 is 17.8 Å². The largest absolute Gasteiger partial charge is 0.479 e. The van der Waals surface area contributed by atoms with Gasteiger partial charge in [0, 0.05) is 18.3 Å². The number of aromatic nitrogens is 2. The van der Waals surface area contributed by atoms with Crippen LogP contribution in [0.15, 0.2) is 27.4 Å². The second kappa shape index (κ2) is 12.8. The highest BCUT2D eigenvalue weighted by Crippen LogP contribution is 2.33. The maximum Gasteiger partial charge on any atom is 0.404 e. The number of amides is 3. The van der Waals surface area contributed by atoms with Gasteiger partial charge in [-0.05, 0) is 19.4 Å². The number of hydrogen-bond donors (Lipinski definition) is 9. The molecule has 3 rings (SSSR count). The van der Waals surface area contributed by atoms with Crippen LogP contribution in [0.3, 0.4) is 0 Å². The van der Waals surface area contributed by atoms with Crippen LogP contribution in [0.4, 0.5) is 4.79 Å². The Morgan fingerprint density at radius 2 is 1.88 bits per heavy atom. The Hall–Kier alpha value is -4.14. The number of aromatic amines is 1. The van der Waals surface area contributed by atoms with Crippen LogP contribution in [0.25, 0.3) is 0 Å². The van der Waals surface area contributed by atoms with E-state index in [1.807, 2.05) is 4.98 Å². The van der Waals surface area contributed by atoms with E-state index in [2.05, 4.69) is 10.1 Å². The number of aliphatic carboxylic acids is 1. The molecule has 2 saturated heterocycles. The summed E-state index contributed by atoms with van der Waals surface area (Å²) in [6.07, 6.45) is -10.1. The van der Waals surface area contributed by atoms with Crippen molar-refractivity contribution in [3.63, 3.8) is 0 Å². The number of carbonyl (C=O) groups excluding carboxylic acids is 3. The number of primary amides is 1. The van der Waals surface area contributed by atoms with Crippen LogP contribution in [0.1, 0.15) is 18.7 Å². The van der Waals surface area contributed by atoms with Crippen molar-refractivity contribution >= 4 is 23.9 Å². The van der Waals surface area contributed by atoms with Crippen molar-refractivity contribution in [2.45, 2.75) is 68.7 Å². The van der Waals surface area contributed by atoms with Crippen LogP contribution in [0, 0.1) is 6.92 Å². The van der Waals surface area contributed by atoms with Gasteiger partial charge in [-0.3, -0.25) is 23.9 Å². The molecule has 19 heteroatoms. The minimum absolute atomic E-state index is 0.0341. The van der Waals surface area contributed by atoms with Gasteiger partial charge in [-0.2, -0.15) is 0 Å². The number of likely N-dealkylation sites (tertiary alicyclic amines) is 1. The van der Waals surface area contributed by atoms with Gasteiger partial charge in [0.25, 0.3) is 5.56 Å². The fourth-order valence-corrected chi connectivity index (χ4v) is 4.55. The average molecular weight is 601 g/mol. The second-order valence-corrected chi connectivity index (χ2v) is 9.72. The number of allylic oxidation sites excluding steroid dienone is 1. The summed E-state index contributed by atoms with van der Waals surface area (Å²) in [5.74, 6) is -3.80. The quantitative estimate of drug-likeness (QED) is 0.113. The van der Waals surface area contributed by atoms with Crippen LogP contribution >= 0.6 is 0 Å². The number of ether oxygens (including phenoxy) is 2. The van der Waals surface area contributed by atoms with Crippen LogP contribution < -0.4 is 28.0 Å². The molecule has 3 heterocycles. The molecule has 9 atom stereocenters. The first-order chi connectivity index (χ1) is 19.6. The van der Waals surface area contributed by atoms with Gasteiger partial charge in [-0.1, -0.05) is 6.08 Å². The minimum atomic E-state index is -2.07. The van der Waals surface area contributed by atoms with E-state index in [0.717, 1.165) is 15.7 Å². The van der Waals surface area contributed by atoms with Gasteiger partial charge in [-0.25, -0.2) is 14.4 Å². The first kappa shape index (κ1) is 32.4. The van der Waals surface area contributed by atoms with Gasteiger partial charge in [0.2, 0.25) is 11.8 Å². The molecular weight excluding hydrogens is 568 g/mol. The fourth-order valence-electron chi connectivity index (χ4n) is 4.55. The number of hydrogen-bond acceptors (Lipinski definition) is 13. The first-order valence-electron chi connectivity index (χ1n) is 12.5. The summed E-state index contributed by atoms with van der Waals surface area (Å²) in [4.78, 5) is 76.2. The van der Waals surface area contributed by atoms with E-state index >= 15 is 0 Å². The summed E-state index contributed by atoms with van der Waals surface area (Å²) >= 11 is 0. The molecule has 9 unspecified atom stereocenters. The lowest BCUT2D eigenvalue weighted by Gasteiger charge is -2.43. The predicted octanol–water partition coefficient (Wildman–Crippen LogP) is -5.66. The Bertz CT molecular complexity index is 1380. The molecule has 0 spiro atoms. The smallest absolute Gasteiger partial charge is 0.404 e. The van der Waals surface area contributed by atoms with E-state index in [1.54, 1.807) is 6.92 Å². The van der Waals surface area contributed by atoms with Crippen molar-refractivity contribution in [2.75, 3.05) is 13.2 Å². The SMILES string of the molecule is C/C=C1/CN(C(=O)C(NC(=O)C(N)C(O)C(O)COC(N)=O)C2OC(n3cc(C)c(=O)[nH]c3=O)C(O)C2O)C1C(=O)O. The number of H-pyrrole nitrogens is 1. The number of rotatable bonds is 10. The minimum Gasteiger partial charge on any atom is -0.479 e. The number of carbonyl (C=O) groups is 4. The Morgan fingerprint density at radius 3 is 2.45 bits per heavy atom. The Morgan fingerprint density at radius 1 is 1.24 bits per heavy atom. The first-order valence-corrected chi connectivity index (χ1v) is 12.5. The molecule has 0 radical (unpaired) electrons. The lowest BCUT2D eigenvalue weighted by atomic mass is 9.92. The van der Waals surface area contributed by atoms with Gasteiger partial charge < -0.3 is 56.7 Å². The van der Waals surface area contributed by atoms with Crippen molar-refractivity contribution in [1.82, 2.24) is 19.8 Å². The zero-order chi connectivity index (χ0) is 31.6. The van der Waals surface area contributed by atoms with E-state index < -0.39 is 96.6 Å². The van der Waals surface area contributed by atoms with Gasteiger partial charge in [-0.15, -0.1) is 0 Å². The Labute approximate surface area is 235 Å². The summed E-state index contributed by atoms with van der Waals surface area (Å²) in [7, 11) is 0. The zero-order valence-corrected chi connectivity index (χ0v) is 22.3. The van der Waals surface area contributed by atoms with Crippen molar-refractivity contribution in [3.8, 4) is 0 Å². The fraction of sp³-hybridized carbons (Fsp3) is 0.565. The van der Waals surface area contributed by atoms with Crippen LogP contribution in [-0.2, 0) is 23.9 Å². The molecule has 42 heavy (non-hydrogen) atoms. The van der Waals surface area contributed by atoms with Crippen LogP contribution in [0.2, 0.25) is 0 Å². The maximum atomic E-state index is 13.6. The number of aliphatic hydroxyl groups excluding tert-OH is 4. The molecule has 3 amide bonds. The molecular formula is C23H32N6O13. The molecule has 2 aliphatic rings. The summed E-state index contributed by atoms with van der Waals surface area (Å²) in [6.45, 7) is 1.88. The van der Waals surface area contributed by atoms with Crippen LogP contribution in [-0.4, -0.2) is 126 Å². The number of nitrogens with zero attached hydrogens (tertiary/aromatic N) is 2. The molecule has 2 aliphatic heterocycles. The highest BCUT2D eigenvalue weighted by molar-refractivity contribution is 5.95. The van der Waals surface area contributed by atoms with E-state index in [-0.39, 0.29) is 12.1 Å². The van der Waals surface area contributed by atoms with E-state index in [1.165, 1.54) is 13.0 Å². The molecule has 2 fully saturated rings. The highest BCUT2D eigenvalue weighted by Gasteiger charge is 2.53. The third-order valence-electron chi connectivity index (χ3n) is 6.95. The number of carboxylic acids is 1. The molecule has 1 aromatic heterocycles. The van der Waals surface area contributed by atoms with Crippen molar-refractivity contribution in [2.24, 2.45) is 11.5 Å². The van der Waals surface area contributed by atoms with Crippen molar-refractivity contribution < 1.29 is 54.2 Å². The summed E-state index contributed by atoms with van der Waals surface area (Å²) < 4.78 is 10.8. The third-order valence-corrected chi connectivity index (χ3v) is 6.95. The summed E-state index contributed by atoms with van der Waals surface area (Å²) in [6, 6.07) is -5.37. The normalized spacial score (nSPS) is 27.5. The van der Waals surface area contributed by atoms with E-state index in [9.17, 15) is 54.3 Å². The van der Waals surface area contributed by atoms with E-state index in [0.29, 0.717) is 5.57 Å². The molecule has 19 nitrogen and oxygen atoms in total. The standard InChI is InChI=1S/C23H32N6O13/c1-3-8-5-28(12(8)21(37)38)19(36)11(26-18(35)10(24)13(31)9(30)6-41-22(25)39)16-14(32)15(33)20(42-16)29-4-7(2)17(34)27-23(29)40/h3-4,9-16,20,30-33H,5-6,24H2,1-2H3,(H2,25,39)(H,26,35)(H,37,38)(H,27,34,40)/b8-3-. The molecule has 0 aromatic carbocycles. The van der Waals surface area contributed by atoms with Crippen molar-refractivity contribution in [1.29, 1.82) is 0 Å². The topological polar surface area (TPSA) is 310 Å². The number of aryl methyl sites for hydroxylation is 1. The predicted molar refractivity (Wildman–Crippen MR) is 136 cm³/mol. The maximum absolute atomic E-state index is 13.6. The Balaban J connectivity index is 1.94.